The molecule has 1 aromatic heterocycles. The standard InChI is InChI=1S/C12H19N5O2/c1-4-13-10-9(19-3)11(16-7-15-10)17-6-5-14-12(18)8(17)2/h7-8H,4-6H2,1-3H3,(H,14,18)(H,13,15,16). The molecule has 1 unspecified atom stereocenters. The highest BCUT2D eigenvalue weighted by atomic mass is 16.5. The van der Waals surface area contributed by atoms with E-state index in [2.05, 4.69) is 20.6 Å². The normalized spacial score (nSPS) is 19.0. The highest BCUT2D eigenvalue weighted by Gasteiger charge is 2.29. The second-order valence-corrected chi connectivity index (χ2v) is 4.27. The van der Waals surface area contributed by atoms with Gasteiger partial charge in [-0.2, -0.15) is 0 Å². The van der Waals surface area contributed by atoms with Crippen LogP contribution in [0.2, 0.25) is 0 Å². The SMILES string of the molecule is CCNc1ncnc(N2CCNC(=O)C2C)c1OC. The van der Waals surface area contributed by atoms with E-state index in [0.29, 0.717) is 30.5 Å². The number of piperazine rings is 1. The van der Waals surface area contributed by atoms with Crippen LogP contribution < -0.4 is 20.3 Å². The molecule has 1 amide bonds. The largest absolute Gasteiger partial charge is 0.490 e. The van der Waals surface area contributed by atoms with Crippen molar-refractivity contribution in [3.63, 3.8) is 0 Å². The van der Waals surface area contributed by atoms with Crippen molar-refractivity contribution in [2.75, 3.05) is 37.0 Å². The number of hydrogen-bond donors (Lipinski definition) is 2. The first-order valence-electron chi connectivity index (χ1n) is 6.36. The molecule has 0 saturated carbocycles. The van der Waals surface area contributed by atoms with E-state index in [9.17, 15) is 4.79 Å². The Labute approximate surface area is 112 Å². The van der Waals surface area contributed by atoms with Crippen LogP contribution in [-0.2, 0) is 4.79 Å². The van der Waals surface area contributed by atoms with E-state index in [0.717, 1.165) is 6.54 Å². The molecule has 0 radical (unpaired) electrons. The van der Waals surface area contributed by atoms with Crippen molar-refractivity contribution in [2.45, 2.75) is 19.9 Å². The van der Waals surface area contributed by atoms with E-state index in [1.165, 1.54) is 6.33 Å². The fraction of sp³-hybridized carbons (Fsp3) is 0.583. The summed E-state index contributed by atoms with van der Waals surface area (Å²) in [4.78, 5) is 22.1. The van der Waals surface area contributed by atoms with Crippen LogP contribution in [0.5, 0.6) is 5.75 Å². The lowest BCUT2D eigenvalue weighted by atomic mass is 10.2. The second-order valence-electron chi connectivity index (χ2n) is 4.27. The third-order valence-electron chi connectivity index (χ3n) is 3.10. The van der Waals surface area contributed by atoms with Gasteiger partial charge in [-0.15, -0.1) is 0 Å². The number of nitrogens with zero attached hydrogens (tertiary/aromatic N) is 3. The summed E-state index contributed by atoms with van der Waals surface area (Å²) in [6, 6.07) is -0.271. The van der Waals surface area contributed by atoms with Crippen LogP contribution >= 0.6 is 0 Å². The lowest BCUT2D eigenvalue weighted by molar-refractivity contribution is -0.122. The molecule has 1 atom stereocenters. The van der Waals surface area contributed by atoms with Crippen molar-refractivity contribution in [1.29, 1.82) is 0 Å². The maximum absolute atomic E-state index is 11.7. The topological polar surface area (TPSA) is 79.4 Å². The minimum atomic E-state index is -0.271. The predicted octanol–water partition coefficient (Wildman–Crippen LogP) is 0.242. The van der Waals surface area contributed by atoms with Crippen molar-refractivity contribution in [3.05, 3.63) is 6.33 Å². The van der Waals surface area contributed by atoms with Crippen LogP contribution in [0, 0.1) is 0 Å². The van der Waals surface area contributed by atoms with Crippen LogP contribution in [-0.4, -0.2) is 48.7 Å². The molecule has 1 aliphatic heterocycles. The van der Waals surface area contributed by atoms with Gasteiger partial charge in [-0.3, -0.25) is 4.79 Å². The van der Waals surface area contributed by atoms with Crippen molar-refractivity contribution in [1.82, 2.24) is 15.3 Å². The zero-order valence-electron chi connectivity index (χ0n) is 11.4. The maximum Gasteiger partial charge on any atom is 0.242 e. The van der Waals surface area contributed by atoms with E-state index in [1.807, 2.05) is 18.7 Å². The number of aromatic nitrogens is 2. The lowest BCUT2D eigenvalue weighted by Gasteiger charge is -2.34. The smallest absolute Gasteiger partial charge is 0.242 e. The Kier molecular flexibility index (Phi) is 4.03. The van der Waals surface area contributed by atoms with E-state index < -0.39 is 0 Å². The molecule has 1 aromatic rings. The minimum absolute atomic E-state index is 0.00286. The van der Waals surface area contributed by atoms with Crippen molar-refractivity contribution < 1.29 is 9.53 Å². The molecule has 0 aromatic carbocycles. The highest BCUT2D eigenvalue weighted by Crippen LogP contribution is 2.33. The molecule has 2 rings (SSSR count). The zero-order chi connectivity index (χ0) is 13.8. The summed E-state index contributed by atoms with van der Waals surface area (Å²) in [6.07, 6.45) is 1.48. The number of rotatable bonds is 4. The van der Waals surface area contributed by atoms with E-state index in [4.69, 9.17) is 4.74 Å². The number of ether oxygens (including phenoxy) is 1. The van der Waals surface area contributed by atoms with Crippen LogP contribution in [0.3, 0.4) is 0 Å². The fourth-order valence-corrected chi connectivity index (χ4v) is 2.12. The van der Waals surface area contributed by atoms with Gasteiger partial charge in [0, 0.05) is 19.6 Å². The van der Waals surface area contributed by atoms with E-state index in [1.54, 1.807) is 7.11 Å². The first-order chi connectivity index (χ1) is 9.19. The van der Waals surface area contributed by atoms with Gasteiger partial charge < -0.3 is 20.3 Å². The summed E-state index contributed by atoms with van der Waals surface area (Å²) in [5, 5.41) is 5.96. The zero-order valence-corrected chi connectivity index (χ0v) is 11.4. The number of anilines is 2. The van der Waals surface area contributed by atoms with Gasteiger partial charge in [0.1, 0.15) is 12.4 Å². The van der Waals surface area contributed by atoms with Gasteiger partial charge >= 0.3 is 0 Å². The number of carbonyl (C=O) groups is 1. The predicted molar refractivity (Wildman–Crippen MR) is 72.6 cm³/mol. The summed E-state index contributed by atoms with van der Waals surface area (Å²) >= 11 is 0. The summed E-state index contributed by atoms with van der Waals surface area (Å²) < 4.78 is 5.40. The van der Waals surface area contributed by atoms with Crippen LogP contribution in [0.15, 0.2) is 6.33 Å². The van der Waals surface area contributed by atoms with Crippen LogP contribution in [0.4, 0.5) is 11.6 Å². The minimum Gasteiger partial charge on any atom is -0.490 e. The Hall–Kier alpha value is -2.05. The average molecular weight is 265 g/mol. The first-order valence-corrected chi connectivity index (χ1v) is 6.36. The molecule has 2 N–H and O–H groups in total. The molecule has 1 fully saturated rings. The Morgan fingerprint density at radius 1 is 1.58 bits per heavy atom. The molecule has 0 aliphatic carbocycles. The monoisotopic (exact) mass is 265 g/mol. The van der Waals surface area contributed by atoms with Gasteiger partial charge in [-0.25, -0.2) is 9.97 Å². The molecule has 1 aliphatic rings. The van der Waals surface area contributed by atoms with E-state index in [-0.39, 0.29) is 11.9 Å². The Morgan fingerprint density at radius 3 is 3.05 bits per heavy atom. The van der Waals surface area contributed by atoms with Crippen molar-refractivity contribution in [2.24, 2.45) is 0 Å². The van der Waals surface area contributed by atoms with Crippen LogP contribution in [0.1, 0.15) is 13.8 Å². The summed E-state index contributed by atoms with van der Waals surface area (Å²) in [7, 11) is 1.58. The number of hydrogen-bond acceptors (Lipinski definition) is 6. The van der Waals surface area contributed by atoms with Gasteiger partial charge in [0.15, 0.2) is 11.6 Å². The van der Waals surface area contributed by atoms with Gasteiger partial charge in [0.2, 0.25) is 11.7 Å². The second kappa shape index (κ2) is 5.73. The molecular weight excluding hydrogens is 246 g/mol. The molecule has 0 bridgehead atoms. The third-order valence-corrected chi connectivity index (χ3v) is 3.10. The number of nitrogens with one attached hydrogen (secondary N) is 2. The molecule has 2 heterocycles. The highest BCUT2D eigenvalue weighted by molar-refractivity contribution is 5.86. The molecule has 104 valence electrons. The average Bonchev–Trinajstić information content (AvgIpc) is 2.42. The Balaban J connectivity index is 2.37. The molecular formula is C12H19N5O2. The molecule has 7 nitrogen and oxygen atoms in total. The third kappa shape index (κ3) is 2.54. The number of carbonyl (C=O) groups excluding carboxylic acids is 1. The van der Waals surface area contributed by atoms with Gasteiger partial charge in [-0.05, 0) is 13.8 Å². The summed E-state index contributed by atoms with van der Waals surface area (Å²) in [5.74, 6) is 1.87. The van der Waals surface area contributed by atoms with E-state index >= 15 is 0 Å². The Bertz CT molecular complexity index is 465. The van der Waals surface area contributed by atoms with Gasteiger partial charge in [0.25, 0.3) is 0 Å². The molecule has 7 heteroatoms. The van der Waals surface area contributed by atoms with Gasteiger partial charge in [0.05, 0.1) is 7.11 Å². The summed E-state index contributed by atoms with van der Waals surface area (Å²) in [5.41, 5.74) is 0. The maximum atomic E-state index is 11.7. The van der Waals surface area contributed by atoms with Crippen molar-refractivity contribution in [3.8, 4) is 5.75 Å². The first kappa shape index (κ1) is 13.4. The fourth-order valence-electron chi connectivity index (χ4n) is 2.12. The molecule has 19 heavy (non-hydrogen) atoms. The summed E-state index contributed by atoms with van der Waals surface area (Å²) in [6.45, 7) is 5.88. The quantitative estimate of drug-likeness (QED) is 0.812. The number of methoxy groups -OCH3 is 1. The van der Waals surface area contributed by atoms with Crippen molar-refractivity contribution >= 4 is 17.5 Å². The van der Waals surface area contributed by atoms with Gasteiger partial charge in [-0.1, -0.05) is 0 Å². The number of amides is 1. The lowest BCUT2D eigenvalue weighted by Crippen LogP contribution is -2.54. The molecule has 1 saturated heterocycles. The van der Waals surface area contributed by atoms with Crippen LogP contribution in [0.25, 0.3) is 0 Å². The Morgan fingerprint density at radius 2 is 2.37 bits per heavy atom. The molecule has 0 spiro atoms.